The highest BCUT2D eigenvalue weighted by Crippen LogP contribution is 2.51. The van der Waals surface area contributed by atoms with E-state index in [0.717, 1.165) is 11.4 Å². The van der Waals surface area contributed by atoms with Gasteiger partial charge in [-0.25, -0.2) is 9.79 Å². The number of aliphatic imine (C=N–C) groups is 1. The van der Waals surface area contributed by atoms with Gasteiger partial charge in [0.1, 0.15) is 21.4 Å². The molecule has 0 aromatic heterocycles. The molecule has 0 bridgehead atoms. The number of thioether (sulfide) groups is 2. The number of ketones is 1. The van der Waals surface area contributed by atoms with Crippen LogP contribution in [0, 0.1) is 0 Å². The van der Waals surface area contributed by atoms with Gasteiger partial charge in [-0.3, -0.25) is 4.79 Å². The molecule has 0 saturated carbocycles. The van der Waals surface area contributed by atoms with Gasteiger partial charge < -0.3 is 14.7 Å². The Kier molecular flexibility index (Phi) is 6.25. The van der Waals surface area contributed by atoms with Gasteiger partial charge in [0.05, 0.1) is 22.6 Å². The second kappa shape index (κ2) is 9.10. The van der Waals surface area contributed by atoms with Crippen molar-refractivity contribution in [3.05, 3.63) is 92.5 Å². The lowest BCUT2D eigenvalue weighted by molar-refractivity contribution is -0.135. The zero-order chi connectivity index (χ0) is 22.8. The number of esters is 1. The molecule has 6 nitrogen and oxygen atoms in total. The summed E-state index contributed by atoms with van der Waals surface area (Å²) in [5, 5.41) is 12.1. The summed E-state index contributed by atoms with van der Waals surface area (Å²) in [5.74, 6) is -0.953. The van der Waals surface area contributed by atoms with Crippen molar-refractivity contribution in [1.82, 2.24) is 0 Å². The number of rotatable bonds is 4. The van der Waals surface area contributed by atoms with E-state index in [9.17, 15) is 14.7 Å². The molecule has 0 spiro atoms. The minimum absolute atomic E-state index is 0.00592. The number of carbonyl (C=O) groups is 2. The summed E-state index contributed by atoms with van der Waals surface area (Å²) in [6, 6.07) is 18.7. The second-order valence-corrected chi connectivity index (χ2v) is 8.95. The van der Waals surface area contributed by atoms with Crippen molar-refractivity contribution in [1.29, 1.82) is 0 Å². The topological polar surface area (TPSA) is 79.2 Å². The fraction of sp³-hybridized carbons (Fsp3) is 0.125. The molecule has 162 valence electrons. The summed E-state index contributed by atoms with van der Waals surface area (Å²) in [4.78, 5) is 32.3. The van der Waals surface area contributed by atoms with Gasteiger partial charge in [-0.2, -0.15) is 0 Å². The maximum absolute atomic E-state index is 12.5. The number of para-hydroxylation sites is 2. The van der Waals surface area contributed by atoms with Crippen LogP contribution < -0.4 is 4.90 Å². The van der Waals surface area contributed by atoms with Crippen molar-refractivity contribution in [2.75, 3.05) is 12.0 Å². The molecule has 1 N–H and O–H groups in total. The first-order valence-electron chi connectivity index (χ1n) is 9.75. The van der Waals surface area contributed by atoms with Crippen molar-refractivity contribution in [3.63, 3.8) is 0 Å². The Morgan fingerprint density at radius 1 is 1.00 bits per heavy atom. The average molecular weight is 465 g/mol. The highest BCUT2D eigenvalue weighted by atomic mass is 32.2. The zero-order valence-corrected chi connectivity index (χ0v) is 19.3. The number of allylic oxidation sites excluding steroid dienone is 2. The molecule has 4 rings (SSSR count). The van der Waals surface area contributed by atoms with Gasteiger partial charge in [0, 0.05) is 11.4 Å². The van der Waals surface area contributed by atoms with E-state index in [1.54, 1.807) is 0 Å². The quantitative estimate of drug-likeness (QED) is 0.582. The lowest BCUT2D eigenvalue weighted by Crippen LogP contribution is -2.16. The summed E-state index contributed by atoms with van der Waals surface area (Å²) < 4.78 is 4.92. The van der Waals surface area contributed by atoms with Gasteiger partial charge in [-0.15, -0.1) is 0 Å². The number of methoxy groups -OCH3 is 1. The van der Waals surface area contributed by atoms with E-state index < -0.39 is 5.97 Å². The molecule has 32 heavy (non-hydrogen) atoms. The Bertz CT molecular complexity index is 1220. The molecule has 2 heterocycles. The minimum atomic E-state index is -0.675. The minimum Gasteiger partial charge on any atom is -0.506 e. The Balaban J connectivity index is 1.89. The monoisotopic (exact) mass is 464 g/mol. The maximum atomic E-state index is 12.5. The Morgan fingerprint density at radius 2 is 1.62 bits per heavy atom. The van der Waals surface area contributed by atoms with Crippen LogP contribution in [0.3, 0.4) is 0 Å². The molecule has 0 atom stereocenters. The predicted octanol–water partition coefficient (Wildman–Crippen LogP) is 5.69. The number of hydrogen-bond donors (Lipinski definition) is 1. The largest absolute Gasteiger partial charge is 0.506 e. The van der Waals surface area contributed by atoms with E-state index in [4.69, 9.17) is 4.74 Å². The molecule has 2 aromatic carbocycles. The molecule has 8 heteroatoms. The highest BCUT2D eigenvalue weighted by Gasteiger charge is 2.39. The summed E-state index contributed by atoms with van der Waals surface area (Å²) in [7, 11) is 1.26. The van der Waals surface area contributed by atoms with E-state index in [1.807, 2.05) is 72.5 Å². The number of benzene rings is 2. The lowest BCUT2D eigenvalue weighted by Gasteiger charge is -2.22. The molecule has 0 fully saturated rings. The third kappa shape index (κ3) is 3.99. The van der Waals surface area contributed by atoms with E-state index in [0.29, 0.717) is 25.6 Å². The SMILES string of the molecule is COC(=O)C1=C(O)/C(=C2\SC(C(C)=O)=C(C)N2c2ccccc2)SC1=Nc1ccccc1. The Labute approximate surface area is 194 Å². The summed E-state index contributed by atoms with van der Waals surface area (Å²) in [6.45, 7) is 3.38. The molecule has 2 aromatic rings. The molecule has 0 radical (unpaired) electrons. The van der Waals surface area contributed by atoms with Crippen molar-refractivity contribution in [2.45, 2.75) is 13.8 Å². The van der Waals surface area contributed by atoms with Crippen molar-refractivity contribution in [3.8, 4) is 0 Å². The lowest BCUT2D eigenvalue weighted by atomic mass is 10.2. The number of ether oxygens (including phenoxy) is 1. The summed E-state index contributed by atoms with van der Waals surface area (Å²) in [5.41, 5.74) is 2.26. The molecular weight excluding hydrogens is 444 g/mol. The number of aliphatic hydroxyl groups is 1. The zero-order valence-electron chi connectivity index (χ0n) is 17.7. The van der Waals surface area contributed by atoms with Crippen molar-refractivity contribution < 1.29 is 19.4 Å². The van der Waals surface area contributed by atoms with E-state index in [1.165, 1.54) is 37.6 Å². The first-order chi connectivity index (χ1) is 15.4. The van der Waals surface area contributed by atoms with Crippen LogP contribution in [0.15, 0.2) is 97.5 Å². The fourth-order valence-electron chi connectivity index (χ4n) is 3.37. The predicted molar refractivity (Wildman–Crippen MR) is 130 cm³/mol. The highest BCUT2D eigenvalue weighted by molar-refractivity contribution is 8.19. The van der Waals surface area contributed by atoms with Gasteiger partial charge in [0.25, 0.3) is 0 Å². The first-order valence-corrected chi connectivity index (χ1v) is 11.4. The molecule has 0 aliphatic carbocycles. The van der Waals surface area contributed by atoms with E-state index in [-0.39, 0.29) is 17.1 Å². The third-order valence-corrected chi connectivity index (χ3v) is 7.41. The van der Waals surface area contributed by atoms with Crippen molar-refractivity contribution >= 4 is 51.7 Å². The number of anilines is 1. The molecule has 2 aliphatic rings. The smallest absolute Gasteiger partial charge is 0.344 e. The third-order valence-electron chi connectivity index (χ3n) is 4.84. The normalized spacial score (nSPS) is 19.8. The van der Waals surface area contributed by atoms with Crippen LogP contribution >= 0.6 is 23.5 Å². The standard InChI is InChI=1S/C24H20N2O4S2/c1-14-20(15(2)27)32-23(26(14)17-12-8-5-9-13-17)21-19(28)18(24(29)30-3)22(31-21)25-16-10-6-4-7-11-16/h4-13,28H,1-3H3/b23-21+,25-22?. The van der Waals surface area contributed by atoms with Crippen LogP contribution in [-0.4, -0.2) is 29.0 Å². The number of Topliss-reactive ketones (excluding diaryl/α,β-unsaturated/α-hetero) is 1. The van der Waals surface area contributed by atoms with Crippen LogP contribution in [0.25, 0.3) is 0 Å². The molecule has 0 unspecified atom stereocenters. The molecular formula is C24H20N2O4S2. The summed E-state index contributed by atoms with van der Waals surface area (Å²) in [6.07, 6.45) is 0. The fourth-order valence-corrected chi connectivity index (χ4v) is 5.73. The maximum Gasteiger partial charge on any atom is 0.344 e. The van der Waals surface area contributed by atoms with Gasteiger partial charge in [0.15, 0.2) is 5.78 Å². The Hall–Kier alpha value is -3.23. The van der Waals surface area contributed by atoms with Crippen LogP contribution in [0.1, 0.15) is 13.8 Å². The Morgan fingerprint density at radius 3 is 2.22 bits per heavy atom. The van der Waals surface area contributed by atoms with Gasteiger partial charge in [-0.1, -0.05) is 59.9 Å². The molecule has 0 amide bonds. The van der Waals surface area contributed by atoms with Crippen LogP contribution in [0.4, 0.5) is 11.4 Å². The van der Waals surface area contributed by atoms with Crippen LogP contribution in [0.2, 0.25) is 0 Å². The number of aliphatic hydroxyl groups excluding tert-OH is 1. The number of nitrogens with zero attached hydrogens (tertiary/aromatic N) is 2. The van der Waals surface area contributed by atoms with Gasteiger partial charge in [-0.05, 0) is 38.1 Å². The van der Waals surface area contributed by atoms with E-state index >= 15 is 0 Å². The second-order valence-electron chi connectivity index (χ2n) is 6.95. The van der Waals surface area contributed by atoms with Gasteiger partial charge >= 0.3 is 5.97 Å². The van der Waals surface area contributed by atoms with Crippen molar-refractivity contribution in [2.24, 2.45) is 4.99 Å². The first kappa shape index (κ1) is 22.0. The number of hydrogen-bond acceptors (Lipinski definition) is 8. The van der Waals surface area contributed by atoms with Crippen LogP contribution in [0.5, 0.6) is 0 Å². The number of carbonyl (C=O) groups excluding carboxylic acids is 2. The average Bonchev–Trinajstić information content (AvgIpc) is 3.31. The van der Waals surface area contributed by atoms with Crippen LogP contribution in [-0.2, 0) is 14.3 Å². The molecule has 2 aliphatic heterocycles. The summed E-state index contributed by atoms with van der Waals surface area (Å²) >= 11 is 2.46. The molecule has 0 saturated heterocycles. The van der Waals surface area contributed by atoms with E-state index in [2.05, 4.69) is 4.99 Å². The van der Waals surface area contributed by atoms with Gasteiger partial charge in [0.2, 0.25) is 0 Å².